The van der Waals surface area contributed by atoms with Gasteiger partial charge in [0.2, 0.25) is 11.8 Å². The Kier molecular flexibility index (Phi) is 5.16. The van der Waals surface area contributed by atoms with E-state index in [-0.39, 0.29) is 11.7 Å². The van der Waals surface area contributed by atoms with Gasteiger partial charge in [0.15, 0.2) is 11.6 Å². The van der Waals surface area contributed by atoms with E-state index in [0.29, 0.717) is 37.0 Å². The van der Waals surface area contributed by atoms with Gasteiger partial charge in [0.05, 0.1) is 12.4 Å². The van der Waals surface area contributed by atoms with Gasteiger partial charge < -0.3 is 14.5 Å². The molecule has 0 radical (unpaired) electrons. The lowest BCUT2D eigenvalue weighted by molar-refractivity contribution is -0.127. The van der Waals surface area contributed by atoms with Crippen molar-refractivity contribution >= 4 is 17.5 Å². The van der Waals surface area contributed by atoms with Crippen LogP contribution < -0.4 is 9.64 Å². The van der Waals surface area contributed by atoms with Crippen molar-refractivity contribution < 1.29 is 14.3 Å². The fourth-order valence-corrected chi connectivity index (χ4v) is 2.74. The molecule has 7 nitrogen and oxygen atoms in total. The number of hydrogen-bond donors (Lipinski definition) is 0. The fraction of sp³-hybridized carbons (Fsp3) is 0.368. The van der Waals surface area contributed by atoms with Crippen LogP contribution >= 0.6 is 0 Å². The van der Waals surface area contributed by atoms with E-state index in [2.05, 4.69) is 9.97 Å². The van der Waals surface area contributed by atoms with Gasteiger partial charge in [0.1, 0.15) is 5.75 Å². The number of likely N-dealkylation sites (N-methyl/N-ethyl adjacent to an activating group) is 2. The molecule has 1 amide bonds. The van der Waals surface area contributed by atoms with Crippen LogP contribution in [0.3, 0.4) is 0 Å². The van der Waals surface area contributed by atoms with Gasteiger partial charge in [-0.2, -0.15) is 4.98 Å². The first kappa shape index (κ1) is 17.8. The van der Waals surface area contributed by atoms with Crippen molar-refractivity contribution in [3.63, 3.8) is 0 Å². The number of hydrogen-bond acceptors (Lipinski definition) is 6. The van der Waals surface area contributed by atoms with Crippen LogP contribution in [0.5, 0.6) is 11.6 Å². The van der Waals surface area contributed by atoms with E-state index in [0.717, 1.165) is 17.5 Å². The number of aromatic nitrogens is 2. The summed E-state index contributed by atoms with van der Waals surface area (Å²) in [6.07, 6.45) is 4.54. The zero-order valence-electron chi connectivity index (χ0n) is 15.2. The van der Waals surface area contributed by atoms with Crippen LogP contribution in [0.4, 0.5) is 5.82 Å². The number of nitrogens with zero attached hydrogens (tertiary/aromatic N) is 4. The van der Waals surface area contributed by atoms with Crippen LogP contribution in [0.2, 0.25) is 0 Å². The number of ether oxygens (including phenoxy) is 1. The predicted molar refractivity (Wildman–Crippen MR) is 97.8 cm³/mol. The molecule has 1 aromatic carbocycles. The Labute approximate surface area is 152 Å². The maximum atomic E-state index is 11.9. The highest BCUT2D eigenvalue weighted by molar-refractivity contribution is 6.00. The molecule has 0 atom stereocenters. The van der Waals surface area contributed by atoms with Crippen molar-refractivity contribution in [2.75, 3.05) is 32.1 Å². The van der Waals surface area contributed by atoms with Crippen LogP contribution in [0, 0.1) is 0 Å². The van der Waals surface area contributed by atoms with Crippen molar-refractivity contribution in [2.45, 2.75) is 19.8 Å². The maximum Gasteiger partial charge on any atom is 0.239 e. The van der Waals surface area contributed by atoms with Crippen molar-refractivity contribution in [1.29, 1.82) is 0 Å². The number of carbonyl (C=O) groups is 2. The second-order valence-corrected chi connectivity index (χ2v) is 6.42. The molecule has 0 saturated heterocycles. The minimum Gasteiger partial charge on any atom is -0.437 e. The van der Waals surface area contributed by atoms with E-state index in [9.17, 15) is 9.59 Å². The van der Waals surface area contributed by atoms with Gasteiger partial charge in [0, 0.05) is 46.1 Å². The molecule has 1 aliphatic carbocycles. The van der Waals surface area contributed by atoms with Crippen LogP contribution in [0.1, 0.15) is 29.3 Å². The summed E-state index contributed by atoms with van der Waals surface area (Å²) >= 11 is 0. The van der Waals surface area contributed by atoms with Crippen molar-refractivity contribution in [1.82, 2.24) is 14.9 Å². The molecule has 0 N–H and O–H groups in total. The highest BCUT2D eigenvalue weighted by atomic mass is 16.5. The summed E-state index contributed by atoms with van der Waals surface area (Å²) in [7, 11) is 3.65. The van der Waals surface area contributed by atoms with Crippen molar-refractivity contribution in [3.8, 4) is 11.6 Å². The second-order valence-electron chi connectivity index (χ2n) is 6.42. The summed E-state index contributed by atoms with van der Waals surface area (Å²) in [5.74, 6) is 1.76. The number of benzene rings is 1. The van der Waals surface area contributed by atoms with Gasteiger partial charge in [-0.15, -0.1) is 0 Å². The van der Waals surface area contributed by atoms with Crippen LogP contribution in [-0.4, -0.2) is 53.7 Å². The normalized spacial score (nSPS) is 12.7. The lowest BCUT2D eigenvalue weighted by Gasteiger charge is -2.22. The first-order valence-electron chi connectivity index (χ1n) is 8.53. The van der Waals surface area contributed by atoms with Crippen molar-refractivity contribution in [3.05, 3.63) is 41.7 Å². The number of ketones is 1. The Morgan fingerprint density at radius 1 is 1.19 bits per heavy atom. The number of rotatable bonds is 6. The maximum absolute atomic E-state index is 11.9. The molecule has 0 unspecified atom stereocenters. The molecule has 0 saturated carbocycles. The molecule has 0 fully saturated rings. The van der Waals surface area contributed by atoms with Crippen LogP contribution in [0.15, 0.2) is 30.6 Å². The number of anilines is 1. The molecular weight excluding hydrogens is 332 g/mol. The number of aryl methyl sites for hydroxylation is 1. The predicted octanol–water partition coefficient (Wildman–Crippen LogP) is 2.31. The smallest absolute Gasteiger partial charge is 0.239 e. The lowest BCUT2D eigenvalue weighted by atomic mass is 10.1. The third-order valence-corrected chi connectivity index (χ3v) is 4.52. The summed E-state index contributed by atoms with van der Waals surface area (Å²) in [5, 5.41) is 0. The lowest BCUT2D eigenvalue weighted by Crippen LogP contribution is -2.33. The summed E-state index contributed by atoms with van der Waals surface area (Å²) < 4.78 is 5.79. The Morgan fingerprint density at radius 3 is 2.77 bits per heavy atom. The summed E-state index contributed by atoms with van der Waals surface area (Å²) in [6, 6.07) is 5.54. The van der Waals surface area contributed by atoms with E-state index in [1.54, 1.807) is 24.2 Å². The molecule has 0 spiro atoms. The van der Waals surface area contributed by atoms with Gasteiger partial charge in [-0.3, -0.25) is 14.6 Å². The van der Waals surface area contributed by atoms with E-state index < -0.39 is 0 Å². The first-order valence-corrected chi connectivity index (χ1v) is 8.53. The third kappa shape index (κ3) is 3.99. The average molecular weight is 354 g/mol. The highest BCUT2D eigenvalue weighted by Crippen LogP contribution is 2.28. The topological polar surface area (TPSA) is 75.6 Å². The number of amides is 1. The Morgan fingerprint density at radius 2 is 2.00 bits per heavy atom. The molecule has 0 bridgehead atoms. The monoisotopic (exact) mass is 354 g/mol. The molecule has 1 aliphatic rings. The van der Waals surface area contributed by atoms with Gasteiger partial charge in [-0.1, -0.05) is 6.07 Å². The molecule has 1 heterocycles. The molecule has 3 rings (SSSR count). The van der Waals surface area contributed by atoms with Crippen molar-refractivity contribution in [2.24, 2.45) is 0 Å². The minimum atomic E-state index is 0.0210. The molecular formula is C19H22N4O3. The van der Waals surface area contributed by atoms with E-state index in [4.69, 9.17) is 4.74 Å². The number of carbonyl (C=O) groups excluding carboxylic acids is 2. The number of fused-ring (bicyclic) bond motifs is 1. The molecule has 1 aromatic heterocycles. The minimum absolute atomic E-state index is 0.0210. The summed E-state index contributed by atoms with van der Waals surface area (Å²) in [5.41, 5.74) is 1.80. The van der Waals surface area contributed by atoms with Gasteiger partial charge >= 0.3 is 0 Å². The standard InChI is InChI=1S/C19H22N4O3/c1-13(24)22(2)8-9-23(3)18-11-20-12-19(21-18)26-15-6-4-14-5-7-17(25)16(14)10-15/h4,6,10-12H,5,7-9H2,1-3H3. The fourth-order valence-electron chi connectivity index (χ4n) is 2.74. The quantitative estimate of drug-likeness (QED) is 0.792. The second kappa shape index (κ2) is 7.51. The Bertz CT molecular complexity index is 837. The van der Waals surface area contributed by atoms with E-state index in [1.165, 1.54) is 13.1 Å². The summed E-state index contributed by atoms with van der Waals surface area (Å²) in [4.78, 5) is 35.3. The third-order valence-electron chi connectivity index (χ3n) is 4.52. The molecule has 7 heteroatoms. The first-order chi connectivity index (χ1) is 12.4. The zero-order chi connectivity index (χ0) is 18.7. The number of Topliss-reactive ketones (excluding diaryl/α,β-unsaturated/α-hetero) is 1. The molecule has 2 aromatic rings. The SMILES string of the molecule is CC(=O)N(C)CCN(C)c1cncc(Oc2ccc3c(c2)C(=O)CC3)n1. The van der Waals surface area contributed by atoms with Gasteiger partial charge in [0.25, 0.3) is 0 Å². The van der Waals surface area contributed by atoms with Crippen LogP contribution in [0.25, 0.3) is 0 Å². The van der Waals surface area contributed by atoms with E-state index >= 15 is 0 Å². The average Bonchev–Trinajstić information content (AvgIpc) is 3.00. The van der Waals surface area contributed by atoms with E-state index in [1.807, 2.05) is 24.1 Å². The Hall–Kier alpha value is -2.96. The van der Waals surface area contributed by atoms with Gasteiger partial charge in [-0.25, -0.2) is 0 Å². The summed E-state index contributed by atoms with van der Waals surface area (Å²) in [6.45, 7) is 2.75. The largest absolute Gasteiger partial charge is 0.437 e. The van der Waals surface area contributed by atoms with Gasteiger partial charge in [-0.05, 0) is 24.1 Å². The zero-order valence-corrected chi connectivity index (χ0v) is 15.2. The Balaban J connectivity index is 1.69. The molecule has 136 valence electrons. The van der Waals surface area contributed by atoms with Crippen LogP contribution in [-0.2, 0) is 11.2 Å². The molecule has 0 aliphatic heterocycles. The molecule has 26 heavy (non-hydrogen) atoms. The highest BCUT2D eigenvalue weighted by Gasteiger charge is 2.20.